The number of methoxy groups -OCH3 is 1. The van der Waals surface area contributed by atoms with Crippen molar-refractivity contribution in [3.63, 3.8) is 0 Å². The molecule has 0 saturated carbocycles. The minimum atomic E-state index is -1.11. The second kappa shape index (κ2) is 6.64. The van der Waals surface area contributed by atoms with Gasteiger partial charge in [-0.25, -0.2) is 9.78 Å². The average Bonchev–Trinajstić information content (AvgIpc) is 3.27. The summed E-state index contributed by atoms with van der Waals surface area (Å²) in [6, 6.07) is 16.2. The number of carbonyl (C=O) groups is 1. The molecule has 2 heterocycles. The Morgan fingerprint density at radius 2 is 2.00 bits per heavy atom. The summed E-state index contributed by atoms with van der Waals surface area (Å²) >= 11 is 0. The number of ether oxygens (including phenoxy) is 1. The molecule has 0 aliphatic rings. The van der Waals surface area contributed by atoms with Crippen molar-refractivity contribution in [2.24, 2.45) is 0 Å². The Morgan fingerprint density at radius 3 is 2.67 bits per heavy atom. The Kier molecular flexibility index (Phi) is 4.16. The SMILES string of the molecule is COc1cc2cc(-c3ccccc3)n(Cc3nc(C(=O)O)co3)c2cc1C. The van der Waals surface area contributed by atoms with Crippen LogP contribution in [0.4, 0.5) is 0 Å². The minimum Gasteiger partial charge on any atom is -0.496 e. The maximum absolute atomic E-state index is 11.1. The zero-order valence-electron chi connectivity index (χ0n) is 15.0. The predicted molar refractivity (Wildman–Crippen MR) is 101 cm³/mol. The molecule has 4 aromatic rings. The quantitative estimate of drug-likeness (QED) is 0.571. The Balaban J connectivity index is 1.89. The molecule has 27 heavy (non-hydrogen) atoms. The van der Waals surface area contributed by atoms with Crippen LogP contribution >= 0.6 is 0 Å². The van der Waals surface area contributed by atoms with E-state index in [-0.39, 0.29) is 5.69 Å². The number of aromatic carboxylic acids is 1. The number of carboxylic acids is 1. The highest BCUT2D eigenvalue weighted by atomic mass is 16.5. The van der Waals surface area contributed by atoms with Gasteiger partial charge in [-0.15, -0.1) is 0 Å². The Bertz CT molecular complexity index is 1130. The second-order valence-electron chi connectivity index (χ2n) is 6.29. The number of aromatic nitrogens is 2. The van der Waals surface area contributed by atoms with Crippen molar-refractivity contribution >= 4 is 16.9 Å². The molecule has 4 rings (SSSR count). The summed E-state index contributed by atoms with van der Waals surface area (Å²) in [5.41, 5.74) is 3.97. The van der Waals surface area contributed by atoms with Crippen LogP contribution in [0.15, 0.2) is 59.2 Å². The number of aryl methyl sites for hydroxylation is 1. The molecule has 136 valence electrons. The van der Waals surface area contributed by atoms with Gasteiger partial charge in [-0.05, 0) is 36.2 Å². The number of nitrogens with zero attached hydrogens (tertiary/aromatic N) is 2. The monoisotopic (exact) mass is 362 g/mol. The van der Waals surface area contributed by atoms with Crippen LogP contribution in [-0.2, 0) is 6.54 Å². The first-order valence-electron chi connectivity index (χ1n) is 8.48. The molecule has 0 fully saturated rings. The van der Waals surface area contributed by atoms with E-state index in [0.29, 0.717) is 12.4 Å². The van der Waals surface area contributed by atoms with Gasteiger partial charge >= 0.3 is 5.97 Å². The normalized spacial score (nSPS) is 11.0. The average molecular weight is 362 g/mol. The summed E-state index contributed by atoms with van der Waals surface area (Å²) in [6.45, 7) is 2.32. The molecule has 0 radical (unpaired) electrons. The number of fused-ring (bicyclic) bond motifs is 1. The zero-order chi connectivity index (χ0) is 19.0. The highest BCUT2D eigenvalue weighted by Gasteiger charge is 2.17. The van der Waals surface area contributed by atoms with E-state index in [1.165, 1.54) is 6.26 Å². The molecule has 0 unspecified atom stereocenters. The number of rotatable bonds is 5. The molecule has 0 aliphatic carbocycles. The Morgan fingerprint density at radius 1 is 1.22 bits per heavy atom. The van der Waals surface area contributed by atoms with E-state index in [2.05, 4.69) is 21.7 Å². The van der Waals surface area contributed by atoms with Gasteiger partial charge in [0, 0.05) is 16.6 Å². The lowest BCUT2D eigenvalue weighted by atomic mass is 10.1. The summed E-state index contributed by atoms with van der Waals surface area (Å²) < 4.78 is 12.9. The molecule has 0 aliphatic heterocycles. The number of hydrogen-bond acceptors (Lipinski definition) is 4. The van der Waals surface area contributed by atoms with Crippen molar-refractivity contribution in [2.75, 3.05) is 7.11 Å². The van der Waals surface area contributed by atoms with E-state index in [9.17, 15) is 4.79 Å². The first kappa shape index (κ1) is 16.9. The fourth-order valence-electron chi connectivity index (χ4n) is 3.25. The van der Waals surface area contributed by atoms with Crippen LogP contribution in [0.5, 0.6) is 5.75 Å². The van der Waals surface area contributed by atoms with Gasteiger partial charge in [0.05, 0.1) is 13.7 Å². The zero-order valence-corrected chi connectivity index (χ0v) is 15.0. The van der Waals surface area contributed by atoms with Crippen molar-refractivity contribution in [1.29, 1.82) is 0 Å². The van der Waals surface area contributed by atoms with Crippen LogP contribution < -0.4 is 4.74 Å². The molecule has 6 heteroatoms. The predicted octanol–water partition coefficient (Wildman–Crippen LogP) is 4.36. The van der Waals surface area contributed by atoms with Crippen LogP contribution in [0.25, 0.3) is 22.2 Å². The van der Waals surface area contributed by atoms with Crippen LogP contribution in [0.1, 0.15) is 21.9 Å². The molecule has 0 atom stereocenters. The van der Waals surface area contributed by atoms with Crippen molar-refractivity contribution in [1.82, 2.24) is 9.55 Å². The summed E-state index contributed by atoms with van der Waals surface area (Å²) in [5.74, 6) is 0.0605. The largest absolute Gasteiger partial charge is 0.496 e. The first-order valence-corrected chi connectivity index (χ1v) is 8.48. The molecule has 0 saturated heterocycles. The fourth-order valence-corrected chi connectivity index (χ4v) is 3.25. The smallest absolute Gasteiger partial charge is 0.357 e. The van der Waals surface area contributed by atoms with Gasteiger partial charge in [-0.2, -0.15) is 0 Å². The third-order valence-electron chi connectivity index (χ3n) is 4.55. The van der Waals surface area contributed by atoms with Gasteiger partial charge in [0.15, 0.2) is 5.69 Å². The standard InChI is InChI=1S/C21H18N2O4/c1-13-8-17-15(10-19(13)26-2)9-18(14-6-4-3-5-7-14)23(17)11-20-22-16(12-27-20)21(24)25/h3-10,12H,11H2,1-2H3,(H,24,25). The molecular weight excluding hydrogens is 344 g/mol. The van der Waals surface area contributed by atoms with E-state index >= 15 is 0 Å². The lowest BCUT2D eigenvalue weighted by Gasteiger charge is -2.10. The fraction of sp³-hybridized carbons (Fsp3) is 0.143. The molecule has 0 bridgehead atoms. The molecule has 6 nitrogen and oxygen atoms in total. The molecule has 2 aromatic heterocycles. The lowest BCUT2D eigenvalue weighted by molar-refractivity contribution is 0.0690. The highest BCUT2D eigenvalue weighted by molar-refractivity contribution is 5.89. The van der Waals surface area contributed by atoms with Crippen LogP contribution in [-0.4, -0.2) is 27.7 Å². The van der Waals surface area contributed by atoms with Gasteiger partial charge in [0.25, 0.3) is 0 Å². The van der Waals surface area contributed by atoms with Crippen molar-refractivity contribution in [3.8, 4) is 17.0 Å². The second-order valence-corrected chi connectivity index (χ2v) is 6.29. The van der Waals surface area contributed by atoms with Crippen LogP contribution in [0.3, 0.4) is 0 Å². The lowest BCUT2D eigenvalue weighted by Crippen LogP contribution is -2.03. The van der Waals surface area contributed by atoms with E-state index in [1.807, 2.05) is 43.3 Å². The summed E-state index contributed by atoms with van der Waals surface area (Å²) in [7, 11) is 1.66. The number of hydrogen-bond donors (Lipinski definition) is 1. The minimum absolute atomic E-state index is 0.0967. The third kappa shape index (κ3) is 3.06. The number of carboxylic acid groups (broad SMARTS) is 1. The number of benzene rings is 2. The molecule has 2 aromatic carbocycles. The highest BCUT2D eigenvalue weighted by Crippen LogP contribution is 2.33. The molecule has 0 amide bonds. The topological polar surface area (TPSA) is 77.5 Å². The van der Waals surface area contributed by atoms with Gasteiger partial charge in [0.1, 0.15) is 12.0 Å². The summed E-state index contributed by atoms with van der Waals surface area (Å²) in [4.78, 5) is 15.2. The van der Waals surface area contributed by atoms with E-state index in [0.717, 1.165) is 33.5 Å². The third-order valence-corrected chi connectivity index (χ3v) is 4.55. The van der Waals surface area contributed by atoms with E-state index < -0.39 is 5.97 Å². The van der Waals surface area contributed by atoms with Gasteiger partial charge < -0.3 is 18.8 Å². The Hall–Kier alpha value is -3.54. The summed E-state index contributed by atoms with van der Waals surface area (Å²) in [5, 5.41) is 10.1. The van der Waals surface area contributed by atoms with Crippen molar-refractivity contribution in [2.45, 2.75) is 13.5 Å². The van der Waals surface area contributed by atoms with Crippen molar-refractivity contribution in [3.05, 3.63) is 71.9 Å². The van der Waals surface area contributed by atoms with Crippen LogP contribution in [0, 0.1) is 6.92 Å². The molecular formula is C21H18N2O4. The number of oxazole rings is 1. The molecule has 0 spiro atoms. The van der Waals surface area contributed by atoms with Gasteiger partial charge in [0.2, 0.25) is 5.89 Å². The van der Waals surface area contributed by atoms with E-state index in [1.54, 1.807) is 7.11 Å². The Labute approximate surface area is 155 Å². The first-order chi connectivity index (χ1) is 13.1. The summed E-state index contributed by atoms with van der Waals surface area (Å²) in [6.07, 6.45) is 1.17. The van der Waals surface area contributed by atoms with Gasteiger partial charge in [-0.3, -0.25) is 0 Å². The van der Waals surface area contributed by atoms with Gasteiger partial charge in [-0.1, -0.05) is 30.3 Å². The van der Waals surface area contributed by atoms with Crippen molar-refractivity contribution < 1.29 is 19.1 Å². The maximum Gasteiger partial charge on any atom is 0.357 e. The maximum atomic E-state index is 11.1. The van der Waals surface area contributed by atoms with Crippen LogP contribution in [0.2, 0.25) is 0 Å². The van der Waals surface area contributed by atoms with E-state index in [4.69, 9.17) is 14.3 Å². The molecule has 1 N–H and O–H groups in total.